The summed E-state index contributed by atoms with van der Waals surface area (Å²) >= 11 is 0. The first kappa shape index (κ1) is 12.9. The number of hydrogen-bond acceptors (Lipinski definition) is 1. The predicted molar refractivity (Wildman–Crippen MR) is 80.6 cm³/mol. The molecule has 0 aromatic heterocycles. The van der Waals surface area contributed by atoms with E-state index in [9.17, 15) is 4.79 Å². The second kappa shape index (κ2) is 4.48. The molecule has 0 N–H and O–H groups in total. The Balaban J connectivity index is 2.20. The van der Waals surface area contributed by atoms with Crippen molar-refractivity contribution in [1.29, 1.82) is 0 Å². The number of nitrogens with zero attached hydrogens (tertiary/aromatic N) is 1. The number of rotatable bonds is 1. The van der Waals surface area contributed by atoms with E-state index < -0.39 is 0 Å². The Morgan fingerprint density at radius 1 is 0.900 bits per heavy atom. The Bertz CT molecular complexity index is 640. The van der Waals surface area contributed by atoms with Gasteiger partial charge in [-0.25, -0.2) is 0 Å². The second-order valence-corrected chi connectivity index (χ2v) is 6.25. The minimum atomic E-state index is -0.212. The lowest BCUT2D eigenvalue weighted by Gasteiger charge is -2.37. The molecule has 2 aromatic carbocycles. The summed E-state index contributed by atoms with van der Waals surface area (Å²) in [5, 5.41) is 0. The average Bonchev–Trinajstić information content (AvgIpc) is 2.74. The molecule has 1 heterocycles. The zero-order valence-corrected chi connectivity index (χ0v) is 12.1. The number of carbonyl (C=O) groups excluding carboxylic acids is 1. The fourth-order valence-electron chi connectivity index (χ4n) is 2.97. The predicted octanol–water partition coefficient (Wildman–Crippen LogP) is 4.03. The number of fused-ring (bicyclic) bond motifs is 1. The Labute approximate surface area is 120 Å². The molecule has 1 aliphatic rings. The fraction of sp³-hybridized carbons (Fsp3) is 0.278. The summed E-state index contributed by atoms with van der Waals surface area (Å²) in [7, 11) is 0. The van der Waals surface area contributed by atoms with Gasteiger partial charge in [-0.3, -0.25) is 4.79 Å². The highest BCUT2D eigenvalue weighted by Crippen LogP contribution is 2.42. The molecule has 3 rings (SSSR count). The van der Waals surface area contributed by atoms with E-state index in [1.54, 1.807) is 0 Å². The summed E-state index contributed by atoms with van der Waals surface area (Å²) in [5.41, 5.74) is 2.90. The average molecular weight is 265 g/mol. The van der Waals surface area contributed by atoms with Gasteiger partial charge in [-0.2, -0.15) is 0 Å². The molecule has 1 unspecified atom stereocenters. The lowest BCUT2D eigenvalue weighted by atomic mass is 9.95. The second-order valence-electron chi connectivity index (χ2n) is 6.25. The molecule has 102 valence electrons. The van der Waals surface area contributed by atoms with Gasteiger partial charge in [-0.1, -0.05) is 48.5 Å². The van der Waals surface area contributed by atoms with Crippen molar-refractivity contribution in [1.82, 2.24) is 4.90 Å². The van der Waals surface area contributed by atoms with Crippen LogP contribution in [0.15, 0.2) is 54.6 Å². The SMILES string of the molecule is CC(C)(C)N1C(=O)c2ccccc2C1c1ccccc1. The van der Waals surface area contributed by atoms with Crippen molar-refractivity contribution >= 4 is 5.91 Å². The number of amides is 1. The largest absolute Gasteiger partial charge is 0.323 e. The van der Waals surface area contributed by atoms with Gasteiger partial charge in [0.15, 0.2) is 0 Å². The molecule has 0 spiro atoms. The third-order valence-electron chi connectivity index (χ3n) is 3.80. The lowest BCUT2D eigenvalue weighted by molar-refractivity contribution is 0.0552. The van der Waals surface area contributed by atoms with Crippen LogP contribution in [0, 0.1) is 0 Å². The van der Waals surface area contributed by atoms with Crippen molar-refractivity contribution in [3.8, 4) is 0 Å². The lowest BCUT2D eigenvalue weighted by Crippen LogP contribution is -2.44. The van der Waals surface area contributed by atoms with E-state index >= 15 is 0 Å². The summed E-state index contributed by atoms with van der Waals surface area (Å²) in [5.74, 6) is 0.127. The zero-order chi connectivity index (χ0) is 14.3. The Morgan fingerprint density at radius 3 is 2.15 bits per heavy atom. The van der Waals surface area contributed by atoms with Crippen molar-refractivity contribution in [2.45, 2.75) is 32.4 Å². The highest BCUT2D eigenvalue weighted by Gasteiger charge is 2.42. The van der Waals surface area contributed by atoms with Crippen LogP contribution in [-0.2, 0) is 0 Å². The van der Waals surface area contributed by atoms with Gasteiger partial charge in [0.05, 0.1) is 6.04 Å². The molecule has 2 aromatic rings. The maximum absolute atomic E-state index is 12.8. The van der Waals surface area contributed by atoms with Crippen LogP contribution in [-0.4, -0.2) is 16.3 Å². The van der Waals surface area contributed by atoms with Crippen LogP contribution in [0.3, 0.4) is 0 Å². The first-order valence-corrected chi connectivity index (χ1v) is 6.97. The van der Waals surface area contributed by atoms with E-state index in [0.717, 1.165) is 11.1 Å². The first-order chi connectivity index (χ1) is 9.50. The van der Waals surface area contributed by atoms with Crippen LogP contribution in [0.25, 0.3) is 0 Å². The van der Waals surface area contributed by atoms with E-state index in [2.05, 4.69) is 39.0 Å². The standard InChI is InChI=1S/C18H19NO/c1-18(2,3)19-16(13-9-5-4-6-10-13)14-11-7-8-12-15(14)17(19)20/h4-12,16H,1-3H3. The Kier molecular flexibility index (Phi) is 2.89. The van der Waals surface area contributed by atoms with Crippen molar-refractivity contribution in [2.24, 2.45) is 0 Å². The van der Waals surface area contributed by atoms with Crippen LogP contribution in [0.5, 0.6) is 0 Å². The quantitative estimate of drug-likeness (QED) is 0.762. The molecular formula is C18H19NO. The maximum Gasteiger partial charge on any atom is 0.255 e. The molecular weight excluding hydrogens is 246 g/mol. The molecule has 20 heavy (non-hydrogen) atoms. The minimum absolute atomic E-state index is 0.0138. The van der Waals surface area contributed by atoms with Gasteiger partial charge < -0.3 is 4.90 Å². The fourth-order valence-corrected chi connectivity index (χ4v) is 2.97. The summed E-state index contributed by atoms with van der Waals surface area (Å²) in [4.78, 5) is 14.7. The zero-order valence-electron chi connectivity index (χ0n) is 12.1. The van der Waals surface area contributed by atoms with E-state index in [1.807, 2.05) is 41.3 Å². The smallest absolute Gasteiger partial charge is 0.255 e. The van der Waals surface area contributed by atoms with Crippen molar-refractivity contribution in [2.75, 3.05) is 0 Å². The van der Waals surface area contributed by atoms with Gasteiger partial charge in [0.1, 0.15) is 0 Å². The van der Waals surface area contributed by atoms with Gasteiger partial charge in [0.25, 0.3) is 5.91 Å². The third kappa shape index (κ3) is 1.92. The van der Waals surface area contributed by atoms with Gasteiger partial charge in [-0.05, 0) is 38.0 Å². The van der Waals surface area contributed by atoms with Gasteiger partial charge in [0.2, 0.25) is 0 Å². The number of hydrogen-bond donors (Lipinski definition) is 0. The summed E-state index contributed by atoms with van der Waals surface area (Å²) < 4.78 is 0. The van der Waals surface area contributed by atoms with Gasteiger partial charge >= 0.3 is 0 Å². The molecule has 0 fully saturated rings. The van der Waals surface area contributed by atoms with Gasteiger partial charge in [-0.15, -0.1) is 0 Å². The van der Waals surface area contributed by atoms with Gasteiger partial charge in [0, 0.05) is 11.1 Å². The molecule has 2 nitrogen and oxygen atoms in total. The number of benzene rings is 2. The number of carbonyl (C=O) groups is 1. The molecule has 0 saturated carbocycles. The molecule has 1 atom stereocenters. The molecule has 0 aliphatic carbocycles. The summed E-state index contributed by atoms with van der Waals surface area (Å²) in [6, 6.07) is 18.2. The van der Waals surface area contributed by atoms with Crippen LogP contribution in [0.4, 0.5) is 0 Å². The van der Waals surface area contributed by atoms with Crippen LogP contribution >= 0.6 is 0 Å². The Morgan fingerprint density at radius 2 is 1.50 bits per heavy atom. The minimum Gasteiger partial charge on any atom is -0.323 e. The van der Waals surface area contributed by atoms with E-state index in [-0.39, 0.29) is 17.5 Å². The highest BCUT2D eigenvalue weighted by atomic mass is 16.2. The monoisotopic (exact) mass is 265 g/mol. The summed E-state index contributed by atoms with van der Waals surface area (Å²) in [6.07, 6.45) is 0. The van der Waals surface area contributed by atoms with Crippen molar-refractivity contribution in [3.05, 3.63) is 71.3 Å². The molecule has 1 aliphatic heterocycles. The molecule has 0 bridgehead atoms. The first-order valence-electron chi connectivity index (χ1n) is 6.97. The topological polar surface area (TPSA) is 20.3 Å². The Hall–Kier alpha value is -2.09. The van der Waals surface area contributed by atoms with Crippen LogP contribution in [0.2, 0.25) is 0 Å². The molecule has 2 heteroatoms. The molecule has 0 radical (unpaired) electrons. The van der Waals surface area contributed by atoms with E-state index in [0.29, 0.717) is 0 Å². The maximum atomic E-state index is 12.8. The van der Waals surface area contributed by atoms with E-state index in [4.69, 9.17) is 0 Å². The van der Waals surface area contributed by atoms with Crippen molar-refractivity contribution in [3.63, 3.8) is 0 Å². The van der Waals surface area contributed by atoms with Crippen LogP contribution in [0.1, 0.15) is 48.3 Å². The molecule has 0 saturated heterocycles. The highest BCUT2D eigenvalue weighted by molar-refractivity contribution is 6.00. The normalized spacial score (nSPS) is 18.2. The van der Waals surface area contributed by atoms with E-state index in [1.165, 1.54) is 5.56 Å². The molecule has 1 amide bonds. The third-order valence-corrected chi connectivity index (χ3v) is 3.80. The van der Waals surface area contributed by atoms with Crippen molar-refractivity contribution < 1.29 is 4.79 Å². The van der Waals surface area contributed by atoms with Crippen LogP contribution < -0.4 is 0 Å². The summed E-state index contributed by atoms with van der Waals surface area (Å²) in [6.45, 7) is 6.27.